The van der Waals surface area contributed by atoms with E-state index in [0.717, 1.165) is 18.6 Å². The lowest BCUT2D eigenvalue weighted by Crippen LogP contribution is -2.10. The van der Waals surface area contributed by atoms with Gasteiger partial charge in [-0.1, -0.05) is 25.5 Å². The number of nitro groups is 1. The molecule has 3 rings (SSSR count). The minimum absolute atomic E-state index is 0.0434. The van der Waals surface area contributed by atoms with Crippen LogP contribution in [0.2, 0.25) is 0 Å². The quantitative estimate of drug-likeness (QED) is 0.440. The van der Waals surface area contributed by atoms with Crippen molar-refractivity contribution in [3.05, 3.63) is 87.9 Å². The molecule has 7 nitrogen and oxygen atoms in total. The number of hydrogen-bond donors (Lipinski definition) is 1. The SMILES string of the molecule is CCCc1ccc(OCc2ccc(C(=O)Nc3ccc([N+](=O)[O-])cc3)o2)cc1. The lowest BCUT2D eigenvalue weighted by molar-refractivity contribution is -0.384. The van der Waals surface area contributed by atoms with Gasteiger partial charge in [0, 0.05) is 17.8 Å². The first-order valence-corrected chi connectivity index (χ1v) is 8.91. The summed E-state index contributed by atoms with van der Waals surface area (Å²) in [4.78, 5) is 22.4. The average molecular weight is 380 g/mol. The number of ether oxygens (including phenoxy) is 1. The fraction of sp³-hybridized carbons (Fsp3) is 0.190. The first-order chi connectivity index (χ1) is 13.5. The standard InChI is InChI=1S/C21H20N2O5/c1-2-3-15-4-10-18(11-5-15)27-14-19-12-13-20(28-19)21(24)22-16-6-8-17(9-7-16)23(25)26/h4-13H,2-3,14H2,1H3,(H,22,24). The maximum absolute atomic E-state index is 12.2. The van der Waals surface area contributed by atoms with E-state index in [2.05, 4.69) is 12.2 Å². The Balaban J connectivity index is 1.55. The normalized spacial score (nSPS) is 10.5. The average Bonchev–Trinajstić information content (AvgIpc) is 3.17. The number of non-ortho nitro benzene ring substituents is 1. The molecule has 0 radical (unpaired) electrons. The predicted molar refractivity (Wildman–Crippen MR) is 105 cm³/mol. The Labute approximate surface area is 162 Å². The number of nitro benzene ring substituents is 1. The molecule has 7 heteroatoms. The number of carbonyl (C=O) groups excluding carboxylic acids is 1. The van der Waals surface area contributed by atoms with E-state index in [-0.39, 0.29) is 18.1 Å². The summed E-state index contributed by atoms with van der Waals surface area (Å²) in [7, 11) is 0. The summed E-state index contributed by atoms with van der Waals surface area (Å²) in [5.74, 6) is 0.943. The van der Waals surface area contributed by atoms with E-state index in [9.17, 15) is 14.9 Å². The van der Waals surface area contributed by atoms with Crippen molar-refractivity contribution < 1.29 is 18.9 Å². The Kier molecular flexibility index (Phi) is 6.06. The van der Waals surface area contributed by atoms with Crippen LogP contribution in [0.1, 0.15) is 35.2 Å². The summed E-state index contributed by atoms with van der Waals surface area (Å²) < 4.78 is 11.2. The van der Waals surface area contributed by atoms with Crippen molar-refractivity contribution in [1.29, 1.82) is 0 Å². The van der Waals surface area contributed by atoms with E-state index in [4.69, 9.17) is 9.15 Å². The van der Waals surface area contributed by atoms with E-state index < -0.39 is 10.8 Å². The Morgan fingerprint density at radius 1 is 1.07 bits per heavy atom. The van der Waals surface area contributed by atoms with Crippen LogP contribution in [0.25, 0.3) is 0 Å². The second-order valence-corrected chi connectivity index (χ2v) is 6.21. The lowest BCUT2D eigenvalue weighted by Gasteiger charge is -2.05. The topological polar surface area (TPSA) is 94.6 Å². The highest BCUT2D eigenvalue weighted by Crippen LogP contribution is 2.19. The molecule has 0 atom stereocenters. The van der Waals surface area contributed by atoms with Gasteiger partial charge in [-0.2, -0.15) is 0 Å². The zero-order valence-corrected chi connectivity index (χ0v) is 15.4. The van der Waals surface area contributed by atoms with Gasteiger partial charge < -0.3 is 14.5 Å². The molecule has 0 spiro atoms. The molecule has 0 aliphatic rings. The summed E-state index contributed by atoms with van der Waals surface area (Å²) in [5, 5.41) is 13.3. The molecule has 0 saturated heterocycles. The van der Waals surface area contributed by atoms with Crippen molar-refractivity contribution in [2.45, 2.75) is 26.4 Å². The molecular formula is C21H20N2O5. The third-order valence-corrected chi connectivity index (χ3v) is 4.06. The van der Waals surface area contributed by atoms with E-state index in [1.807, 2.05) is 24.3 Å². The number of anilines is 1. The van der Waals surface area contributed by atoms with Crippen molar-refractivity contribution >= 4 is 17.3 Å². The Hall–Kier alpha value is -3.61. The molecule has 0 unspecified atom stereocenters. The van der Waals surface area contributed by atoms with Crippen LogP contribution in [0, 0.1) is 10.1 Å². The largest absolute Gasteiger partial charge is 0.486 e. The number of hydrogen-bond acceptors (Lipinski definition) is 5. The zero-order chi connectivity index (χ0) is 19.9. The molecule has 0 aliphatic heterocycles. The van der Waals surface area contributed by atoms with Gasteiger partial charge in [-0.15, -0.1) is 0 Å². The number of nitrogens with one attached hydrogen (secondary N) is 1. The zero-order valence-electron chi connectivity index (χ0n) is 15.4. The van der Waals surface area contributed by atoms with Crippen molar-refractivity contribution in [3.63, 3.8) is 0 Å². The van der Waals surface area contributed by atoms with Crippen LogP contribution in [-0.4, -0.2) is 10.8 Å². The smallest absolute Gasteiger partial charge is 0.291 e. The number of furan rings is 1. The van der Waals surface area contributed by atoms with E-state index >= 15 is 0 Å². The molecule has 1 amide bonds. The van der Waals surface area contributed by atoms with Gasteiger partial charge in [-0.05, 0) is 48.4 Å². The van der Waals surface area contributed by atoms with Crippen molar-refractivity contribution in [3.8, 4) is 5.75 Å². The number of rotatable bonds is 8. The minimum atomic E-state index is -0.498. The molecule has 2 aromatic carbocycles. The van der Waals surface area contributed by atoms with Gasteiger partial charge in [0.15, 0.2) is 5.76 Å². The first-order valence-electron chi connectivity index (χ1n) is 8.91. The van der Waals surface area contributed by atoms with Crippen molar-refractivity contribution in [1.82, 2.24) is 0 Å². The summed E-state index contributed by atoms with van der Waals surface area (Å²) in [6.45, 7) is 2.34. The Morgan fingerprint density at radius 3 is 2.43 bits per heavy atom. The number of benzene rings is 2. The van der Waals surface area contributed by atoms with Crippen LogP contribution in [0.3, 0.4) is 0 Å². The van der Waals surface area contributed by atoms with Gasteiger partial charge in [0.25, 0.3) is 11.6 Å². The van der Waals surface area contributed by atoms with Crippen LogP contribution in [0.4, 0.5) is 11.4 Å². The van der Waals surface area contributed by atoms with Gasteiger partial charge in [-0.3, -0.25) is 14.9 Å². The van der Waals surface area contributed by atoms with Gasteiger partial charge in [0.2, 0.25) is 0 Å². The van der Waals surface area contributed by atoms with Gasteiger partial charge >= 0.3 is 0 Å². The lowest BCUT2D eigenvalue weighted by atomic mass is 10.1. The molecule has 1 N–H and O–H groups in total. The highest BCUT2D eigenvalue weighted by Gasteiger charge is 2.13. The summed E-state index contributed by atoms with van der Waals surface area (Å²) >= 11 is 0. The molecule has 0 bridgehead atoms. The van der Waals surface area contributed by atoms with Crippen LogP contribution in [-0.2, 0) is 13.0 Å². The number of aryl methyl sites for hydroxylation is 1. The monoisotopic (exact) mass is 380 g/mol. The molecule has 0 saturated carbocycles. The molecule has 1 heterocycles. The Bertz CT molecular complexity index is 946. The third kappa shape index (κ3) is 4.97. The molecular weight excluding hydrogens is 360 g/mol. The molecule has 144 valence electrons. The van der Waals surface area contributed by atoms with Crippen molar-refractivity contribution in [2.24, 2.45) is 0 Å². The predicted octanol–water partition coefficient (Wildman–Crippen LogP) is 4.97. The van der Waals surface area contributed by atoms with Crippen LogP contribution in [0.5, 0.6) is 5.75 Å². The second-order valence-electron chi connectivity index (χ2n) is 6.21. The molecule has 0 aliphatic carbocycles. The highest BCUT2D eigenvalue weighted by atomic mass is 16.6. The fourth-order valence-electron chi connectivity index (χ4n) is 2.63. The summed E-state index contributed by atoms with van der Waals surface area (Å²) in [5.41, 5.74) is 1.66. The van der Waals surface area contributed by atoms with Gasteiger partial charge in [-0.25, -0.2) is 0 Å². The molecule has 1 aromatic heterocycles. The van der Waals surface area contributed by atoms with Gasteiger partial charge in [0.1, 0.15) is 18.1 Å². The molecule has 28 heavy (non-hydrogen) atoms. The molecule has 3 aromatic rings. The fourth-order valence-corrected chi connectivity index (χ4v) is 2.63. The van der Waals surface area contributed by atoms with E-state index in [1.54, 1.807) is 12.1 Å². The third-order valence-electron chi connectivity index (χ3n) is 4.06. The van der Waals surface area contributed by atoms with Gasteiger partial charge in [0.05, 0.1) is 4.92 Å². The number of nitrogens with zero attached hydrogens (tertiary/aromatic N) is 1. The maximum Gasteiger partial charge on any atom is 0.291 e. The number of carbonyl (C=O) groups is 1. The highest BCUT2D eigenvalue weighted by molar-refractivity contribution is 6.02. The van der Waals surface area contributed by atoms with Crippen LogP contribution in [0.15, 0.2) is 65.1 Å². The van der Waals surface area contributed by atoms with Crippen molar-refractivity contribution in [2.75, 3.05) is 5.32 Å². The first kappa shape index (κ1) is 19.2. The second kappa shape index (κ2) is 8.85. The van der Waals surface area contributed by atoms with E-state index in [1.165, 1.54) is 29.8 Å². The van der Waals surface area contributed by atoms with Crippen LogP contribution >= 0.6 is 0 Å². The minimum Gasteiger partial charge on any atom is -0.486 e. The Morgan fingerprint density at radius 2 is 1.79 bits per heavy atom. The summed E-state index contributed by atoms with van der Waals surface area (Å²) in [6, 6.07) is 16.7. The number of amides is 1. The maximum atomic E-state index is 12.2. The summed E-state index contributed by atoms with van der Waals surface area (Å²) in [6.07, 6.45) is 2.13. The van der Waals surface area contributed by atoms with Crippen LogP contribution < -0.4 is 10.1 Å². The molecule has 0 fully saturated rings. The van der Waals surface area contributed by atoms with E-state index in [0.29, 0.717) is 11.4 Å².